The van der Waals surface area contributed by atoms with Gasteiger partial charge in [0.2, 0.25) is 5.91 Å². The molecule has 0 aromatic rings. The summed E-state index contributed by atoms with van der Waals surface area (Å²) in [6.07, 6.45) is 4.04. The van der Waals surface area contributed by atoms with Crippen LogP contribution in [-0.4, -0.2) is 46.5 Å². The van der Waals surface area contributed by atoms with Crippen LogP contribution in [0.2, 0.25) is 0 Å². The Bertz CT molecular complexity index is 500. The molecule has 0 unspecified atom stereocenters. The van der Waals surface area contributed by atoms with E-state index in [2.05, 4.69) is 6.08 Å². The first-order valence-corrected chi connectivity index (χ1v) is 8.88. The highest BCUT2D eigenvalue weighted by atomic mass is 32.2. The summed E-state index contributed by atoms with van der Waals surface area (Å²) in [5.41, 5.74) is 0.806. The van der Waals surface area contributed by atoms with Gasteiger partial charge in [-0.15, -0.1) is 0 Å². The topological polar surface area (TPSA) is 57.6 Å². The molecule has 1 saturated carbocycles. The lowest BCUT2D eigenvalue weighted by Gasteiger charge is -2.36. The van der Waals surface area contributed by atoms with Crippen molar-refractivity contribution in [1.29, 1.82) is 0 Å². The highest BCUT2D eigenvalue weighted by Gasteiger charge is 2.58. The number of likely N-dealkylation sites (tertiary alicyclic amines) is 1. The predicted octanol–water partition coefficient (Wildman–Crippen LogP) is 2.25. The maximum Gasteiger partial charge on any atom is 0.307 e. The van der Waals surface area contributed by atoms with Crippen LogP contribution in [0.15, 0.2) is 11.6 Å². The smallest absolute Gasteiger partial charge is 0.307 e. The Morgan fingerprint density at radius 3 is 2.76 bits per heavy atom. The molecule has 3 aliphatic rings. The molecule has 3 atom stereocenters. The van der Waals surface area contributed by atoms with Crippen molar-refractivity contribution < 1.29 is 14.7 Å². The second-order valence-corrected chi connectivity index (χ2v) is 8.06. The van der Waals surface area contributed by atoms with Crippen molar-refractivity contribution in [3.05, 3.63) is 11.6 Å². The lowest BCUT2D eigenvalue weighted by molar-refractivity contribution is -0.141. The molecule has 3 rings (SSSR count). The van der Waals surface area contributed by atoms with E-state index in [0.29, 0.717) is 12.5 Å². The highest BCUT2D eigenvalue weighted by Crippen LogP contribution is 2.52. The molecule has 2 heterocycles. The van der Waals surface area contributed by atoms with Crippen LogP contribution in [0.4, 0.5) is 0 Å². The molecule has 0 spiro atoms. The van der Waals surface area contributed by atoms with E-state index in [1.807, 2.05) is 30.5 Å². The van der Waals surface area contributed by atoms with Crippen molar-refractivity contribution in [2.45, 2.75) is 26.7 Å². The number of piperidine rings is 1. The Labute approximate surface area is 130 Å². The van der Waals surface area contributed by atoms with E-state index in [0.717, 1.165) is 30.9 Å². The lowest BCUT2D eigenvalue weighted by Crippen LogP contribution is -2.45. The van der Waals surface area contributed by atoms with E-state index in [9.17, 15) is 9.59 Å². The molecule has 116 valence electrons. The van der Waals surface area contributed by atoms with Gasteiger partial charge < -0.3 is 10.0 Å². The molecule has 1 amide bonds. The van der Waals surface area contributed by atoms with Crippen molar-refractivity contribution in [1.82, 2.24) is 4.90 Å². The van der Waals surface area contributed by atoms with E-state index < -0.39 is 11.4 Å². The summed E-state index contributed by atoms with van der Waals surface area (Å²) in [5.74, 6) is 1.86. The molecule has 2 aliphatic heterocycles. The van der Waals surface area contributed by atoms with Crippen molar-refractivity contribution in [2.24, 2.45) is 23.2 Å². The zero-order valence-electron chi connectivity index (χ0n) is 12.7. The van der Waals surface area contributed by atoms with E-state index in [4.69, 9.17) is 5.11 Å². The fourth-order valence-corrected chi connectivity index (χ4v) is 4.77. The number of carbonyl (C=O) groups excluding carboxylic acids is 1. The lowest BCUT2D eigenvalue weighted by atomic mass is 9.80. The first-order valence-electron chi connectivity index (χ1n) is 7.72. The molecule has 1 aliphatic carbocycles. The summed E-state index contributed by atoms with van der Waals surface area (Å²) >= 11 is 1.91. The molecule has 21 heavy (non-hydrogen) atoms. The van der Waals surface area contributed by atoms with Gasteiger partial charge in [-0.2, -0.15) is 11.8 Å². The van der Waals surface area contributed by atoms with Gasteiger partial charge in [-0.25, -0.2) is 0 Å². The van der Waals surface area contributed by atoms with Crippen LogP contribution < -0.4 is 0 Å². The summed E-state index contributed by atoms with van der Waals surface area (Å²) in [7, 11) is 0. The van der Waals surface area contributed by atoms with E-state index in [-0.39, 0.29) is 17.7 Å². The second-order valence-electron chi connectivity index (χ2n) is 6.91. The van der Waals surface area contributed by atoms with Gasteiger partial charge in [0.25, 0.3) is 0 Å². The Hall–Kier alpha value is -0.970. The zero-order chi connectivity index (χ0) is 15.2. The predicted molar refractivity (Wildman–Crippen MR) is 83.1 cm³/mol. The van der Waals surface area contributed by atoms with Crippen LogP contribution in [0.1, 0.15) is 26.7 Å². The maximum absolute atomic E-state index is 12.9. The molecule has 1 N–H and O–H groups in total. The number of amides is 1. The molecule has 5 heteroatoms. The summed E-state index contributed by atoms with van der Waals surface area (Å²) in [4.78, 5) is 25.9. The van der Waals surface area contributed by atoms with E-state index >= 15 is 0 Å². The second kappa shape index (κ2) is 5.34. The molecule has 2 fully saturated rings. The molecule has 0 bridgehead atoms. The largest absolute Gasteiger partial charge is 0.481 e. The fraction of sp³-hybridized carbons (Fsp3) is 0.750. The van der Waals surface area contributed by atoms with E-state index in [1.165, 1.54) is 5.57 Å². The van der Waals surface area contributed by atoms with Gasteiger partial charge >= 0.3 is 5.97 Å². The number of fused-ring (bicyclic) bond motifs is 1. The number of carboxylic acids is 1. The molecular formula is C16H23NO3S. The van der Waals surface area contributed by atoms with Crippen molar-refractivity contribution in [3.63, 3.8) is 0 Å². The maximum atomic E-state index is 12.9. The minimum Gasteiger partial charge on any atom is -0.481 e. The summed E-state index contributed by atoms with van der Waals surface area (Å²) in [5, 5.41) is 9.16. The Morgan fingerprint density at radius 2 is 2.14 bits per heavy atom. The Balaban J connectivity index is 1.68. The van der Waals surface area contributed by atoms with Crippen LogP contribution in [0, 0.1) is 23.2 Å². The van der Waals surface area contributed by atoms with Gasteiger partial charge in [-0.3, -0.25) is 9.59 Å². The summed E-state index contributed by atoms with van der Waals surface area (Å²) in [6.45, 7) is 5.39. The zero-order valence-corrected chi connectivity index (χ0v) is 13.5. The first-order chi connectivity index (χ1) is 9.93. The average Bonchev–Trinajstić information content (AvgIpc) is 3.20. The van der Waals surface area contributed by atoms with Gasteiger partial charge in [-0.05, 0) is 44.3 Å². The molecule has 4 nitrogen and oxygen atoms in total. The van der Waals surface area contributed by atoms with Crippen LogP contribution in [0.5, 0.6) is 0 Å². The molecular weight excluding hydrogens is 286 g/mol. The summed E-state index contributed by atoms with van der Waals surface area (Å²) < 4.78 is 0. The molecule has 1 saturated heterocycles. The third-order valence-electron chi connectivity index (χ3n) is 5.37. The van der Waals surface area contributed by atoms with Crippen LogP contribution in [-0.2, 0) is 9.59 Å². The number of carbonyl (C=O) groups is 2. The third-order valence-corrected chi connectivity index (χ3v) is 6.26. The van der Waals surface area contributed by atoms with Gasteiger partial charge in [-0.1, -0.05) is 11.6 Å². The molecule has 0 radical (unpaired) electrons. The number of hydrogen-bond donors (Lipinski definition) is 1. The Morgan fingerprint density at radius 1 is 1.38 bits per heavy atom. The normalized spacial score (nSPS) is 32.2. The van der Waals surface area contributed by atoms with Crippen LogP contribution in [0.25, 0.3) is 0 Å². The first kappa shape index (κ1) is 14.9. The minimum atomic E-state index is -0.689. The van der Waals surface area contributed by atoms with Crippen LogP contribution >= 0.6 is 11.8 Å². The van der Waals surface area contributed by atoms with Crippen molar-refractivity contribution >= 4 is 23.6 Å². The van der Waals surface area contributed by atoms with Gasteiger partial charge in [0.05, 0.1) is 11.3 Å². The number of hydrogen-bond acceptors (Lipinski definition) is 3. The van der Waals surface area contributed by atoms with E-state index in [1.54, 1.807) is 0 Å². The number of aliphatic carboxylic acids is 1. The number of nitrogens with zero attached hydrogens (tertiary/aromatic N) is 1. The van der Waals surface area contributed by atoms with Gasteiger partial charge in [0.1, 0.15) is 0 Å². The molecule has 0 aromatic heterocycles. The number of rotatable bonds is 3. The van der Waals surface area contributed by atoms with Crippen molar-refractivity contribution in [3.8, 4) is 0 Å². The SMILES string of the molecule is CC(C)(C(=O)N1CC[C@H]2[C@@H](C1)[C@H]2C(=O)O)C1=CCSCC1. The number of carboxylic acid groups (broad SMARTS) is 1. The highest BCUT2D eigenvalue weighted by molar-refractivity contribution is 7.99. The monoisotopic (exact) mass is 309 g/mol. The third kappa shape index (κ3) is 2.60. The minimum absolute atomic E-state index is 0.176. The molecule has 0 aromatic carbocycles. The fourth-order valence-electron chi connectivity index (χ4n) is 3.92. The van der Waals surface area contributed by atoms with Gasteiger partial charge in [0, 0.05) is 18.8 Å². The number of thioether (sulfide) groups is 1. The van der Waals surface area contributed by atoms with Gasteiger partial charge in [0.15, 0.2) is 0 Å². The average molecular weight is 309 g/mol. The van der Waals surface area contributed by atoms with Crippen LogP contribution in [0.3, 0.4) is 0 Å². The quantitative estimate of drug-likeness (QED) is 0.813. The summed E-state index contributed by atoms with van der Waals surface area (Å²) in [6, 6.07) is 0. The Kier molecular flexibility index (Phi) is 3.80. The standard InChI is InChI=1S/C16H23NO3S/c1-16(2,10-4-7-21-8-5-10)15(20)17-6-3-11-12(9-17)13(11)14(18)19/h4,11-13H,3,5-9H2,1-2H3,(H,18,19)/t11-,12+,13-/m0/s1. The van der Waals surface area contributed by atoms with Crippen molar-refractivity contribution in [2.75, 3.05) is 24.6 Å².